The highest BCUT2D eigenvalue weighted by molar-refractivity contribution is 6.16. The number of ether oxygens (including phenoxy) is 1. The van der Waals surface area contributed by atoms with Gasteiger partial charge in [0, 0.05) is 36.8 Å². The Bertz CT molecular complexity index is 769. The molecule has 114 valence electrons. The number of aromatic nitrogens is 3. The number of hydrogen-bond acceptors (Lipinski definition) is 4. The van der Waals surface area contributed by atoms with Crippen molar-refractivity contribution in [3.8, 4) is 5.88 Å². The second-order valence-electron chi connectivity index (χ2n) is 5.63. The van der Waals surface area contributed by atoms with Gasteiger partial charge in [-0.05, 0) is 11.6 Å². The fourth-order valence-corrected chi connectivity index (χ4v) is 2.78. The Morgan fingerprint density at radius 3 is 3.00 bits per heavy atom. The average molecular weight is 304 g/mol. The molecule has 22 heavy (non-hydrogen) atoms. The van der Waals surface area contributed by atoms with Crippen LogP contribution in [-0.2, 0) is 13.1 Å². The van der Waals surface area contributed by atoms with E-state index in [2.05, 4.69) is 15.1 Å². The molecule has 2 aromatic heterocycles. The largest absolute Gasteiger partial charge is 0.480 e. The summed E-state index contributed by atoms with van der Waals surface area (Å²) in [6, 6.07) is 1.91. The summed E-state index contributed by atoms with van der Waals surface area (Å²) in [4.78, 5) is 8.71. The van der Waals surface area contributed by atoms with Crippen LogP contribution in [0.3, 0.4) is 0 Å². The van der Waals surface area contributed by atoms with Crippen LogP contribution in [0.1, 0.15) is 23.1 Å². The van der Waals surface area contributed by atoms with Gasteiger partial charge in [-0.15, -0.1) is 0 Å². The minimum atomic E-state index is -2.53. The van der Waals surface area contributed by atoms with Crippen molar-refractivity contribution in [2.24, 2.45) is 10.9 Å². The van der Waals surface area contributed by atoms with Crippen LogP contribution in [0.5, 0.6) is 5.88 Å². The van der Waals surface area contributed by atoms with E-state index in [0.717, 1.165) is 22.4 Å². The van der Waals surface area contributed by atoms with E-state index >= 15 is 0 Å². The maximum Gasteiger partial charge on any atom is 0.253 e. The number of rotatable bonds is 4. The lowest BCUT2D eigenvalue weighted by atomic mass is 10.0. The maximum absolute atomic E-state index is 13.0. The molecular weight excluding hydrogens is 290 g/mol. The summed E-state index contributed by atoms with van der Waals surface area (Å²) in [5, 5.41) is 4.18. The molecule has 1 atom stereocenters. The Kier molecular flexibility index (Phi) is 2.79. The molecule has 0 spiro atoms. The van der Waals surface area contributed by atoms with Gasteiger partial charge in [0.1, 0.15) is 0 Å². The van der Waals surface area contributed by atoms with Crippen molar-refractivity contribution in [2.75, 3.05) is 7.11 Å². The van der Waals surface area contributed by atoms with Gasteiger partial charge >= 0.3 is 0 Å². The molecule has 1 aliphatic heterocycles. The van der Waals surface area contributed by atoms with Crippen LogP contribution in [0, 0.1) is 5.92 Å². The smallest absolute Gasteiger partial charge is 0.253 e. The lowest BCUT2D eigenvalue weighted by Crippen LogP contribution is -2.06. The van der Waals surface area contributed by atoms with Gasteiger partial charge in [0.05, 0.1) is 31.1 Å². The molecular formula is C15H14F2N4O. The third-order valence-corrected chi connectivity index (χ3v) is 4.11. The van der Waals surface area contributed by atoms with Gasteiger partial charge in [0.25, 0.3) is 5.92 Å². The minimum absolute atomic E-state index is 0.0519. The monoisotopic (exact) mass is 304 g/mol. The fraction of sp³-hybridized carbons (Fsp3) is 0.400. The lowest BCUT2D eigenvalue weighted by molar-refractivity contribution is 0.0942. The molecule has 0 radical (unpaired) electrons. The highest BCUT2D eigenvalue weighted by Crippen LogP contribution is 2.49. The number of pyridine rings is 1. The molecule has 5 nitrogen and oxygen atoms in total. The van der Waals surface area contributed by atoms with E-state index in [1.165, 1.54) is 0 Å². The molecule has 0 N–H and O–H groups in total. The van der Waals surface area contributed by atoms with Crippen LogP contribution in [0.2, 0.25) is 0 Å². The molecule has 1 fully saturated rings. The number of alkyl halides is 2. The van der Waals surface area contributed by atoms with E-state index in [4.69, 9.17) is 4.74 Å². The lowest BCUT2D eigenvalue weighted by Gasteiger charge is -2.06. The summed E-state index contributed by atoms with van der Waals surface area (Å²) >= 11 is 0. The van der Waals surface area contributed by atoms with Crippen LogP contribution in [-0.4, -0.2) is 33.5 Å². The molecule has 2 aliphatic rings. The zero-order valence-corrected chi connectivity index (χ0v) is 12.0. The van der Waals surface area contributed by atoms with Crippen molar-refractivity contribution in [1.29, 1.82) is 0 Å². The summed E-state index contributed by atoms with van der Waals surface area (Å²) < 4.78 is 32.9. The predicted molar refractivity (Wildman–Crippen MR) is 75.4 cm³/mol. The average Bonchev–Trinajstić information content (AvgIpc) is 2.91. The second kappa shape index (κ2) is 4.59. The Morgan fingerprint density at radius 2 is 2.27 bits per heavy atom. The molecule has 0 aromatic carbocycles. The third kappa shape index (κ3) is 2.08. The number of fused-ring (bicyclic) bond motifs is 1. The Morgan fingerprint density at radius 1 is 1.45 bits per heavy atom. The second-order valence-corrected chi connectivity index (χ2v) is 5.63. The van der Waals surface area contributed by atoms with E-state index in [9.17, 15) is 8.78 Å². The Hall–Kier alpha value is -2.31. The van der Waals surface area contributed by atoms with Gasteiger partial charge in [-0.2, -0.15) is 5.10 Å². The topological polar surface area (TPSA) is 52.3 Å². The van der Waals surface area contributed by atoms with Crippen LogP contribution in [0.15, 0.2) is 29.6 Å². The number of methoxy groups -OCH3 is 1. The first-order chi connectivity index (χ1) is 10.6. The fourth-order valence-electron chi connectivity index (χ4n) is 2.78. The van der Waals surface area contributed by atoms with Crippen LogP contribution < -0.4 is 4.74 Å². The van der Waals surface area contributed by atoms with E-state index in [0.29, 0.717) is 12.4 Å². The molecule has 3 heterocycles. The molecule has 4 rings (SSSR count). The number of hydrogen-bond donors (Lipinski definition) is 0. The molecule has 0 amide bonds. The van der Waals surface area contributed by atoms with Crippen LogP contribution >= 0.6 is 0 Å². The van der Waals surface area contributed by atoms with Gasteiger partial charge in [-0.3, -0.25) is 9.67 Å². The normalized spacial score (nSPS) is 21.4. The van der Waals surface area contributed by atoms with E-state index in [1.54, 1.807) is 30.4 Å². The van der Waals surface area contributed by atoms with Crippen molar-refractivity contribution in [1.82, 2.24) is 14.8 Å². The van der Waals surface area contributed by atoms with E-state index in [1.807, 2.05) is 6.07 Å². The zero-order chi connectivity index (χ0) is 15.3. The standard InChI is InChI=1S/C15H14F2N4O/c1-22-14-12-9(2-3-18-14)5-19-13(12)10-6-20-21(7-10)8-11-4-15(11,16)17/h2-3,6-7,11H,4-5,8H2,1H3. The van der Waals surface area contributed by atoms with Crippen molar-refractivity contribution in [3.05, 3.63) is 41.3 Å². The van der Waals surface area contributed by atoms with Gasteiger partial charge in [0.15, 0.2) is 0 Å². The highest BCUT2D eigenvalue weighted by atomic mass is 19.3. The molecule has 1 unspecified atom stereocenters. The maximum atomic E-state index is 13.0. The van der Waals surface area contributed by atoms with Crippen molar-refractivity contribution >= 4 is 5.71 Å². The summed E-state index contributed by atoms with van der Waals surface area (Å²) in [6.07, 6.45) is 5.05. The third-order valence-electron chi connectivity index (χ3n) is 4.11. The van der Waals surface area contributed by atoms with E-state index < -0.39 is 11.8 Å². The predicted octanol–water partition coefficient (Wildman–Crippen LogP) is 2.29. The van der Waals surface area contributed by atoms with Crippen LogP contribution in [0.25, 0.3) is 0 Å². The first kappa shape index (κ1) is 13.4. The van der Waals surface area contributed by atoms with Crippen molar-refractivity contribution in [3.63, 3.8) is 0 Å². The van der Waals surface area contributed by atoms with Crippen LogP contribution in [0.4, 0.5) is 8.78 Å². The number of nitrogens with zero attached hydrogens (tertiary/aromatic N) is 4. The Balaban J connectivity index is 1.62. The first-order valence-electron chi connectivity index (χ1n) is 7.06. The van der Waals surface area contributed by atoms with Gasteiger partial charge < -0.3 is 4.74 Å². The summed E-state index contributed by atoms with van der Waals surface area (Å²) in [5.74, 6) is -2.61. The summed E-state index contributed by atoms with van der Waals surface area (Å²) in [6.45, 7) is 0.798. The van der Waals surface area contributed by atoms with Crippen molar-refractivity contribution < 1.29 is 13.5 Å². The van der Waals surface area contributed by atoms with Gasteiger partial charge in [0.2, 0.25) is 5.88 Å². The van der Waals surface area contributed by atoms with Gasteiger partial charge in [-0.1, -0.05) is 0 Å². The quantitative estimate of drug-likeness (QED) is 0.871. The molecule has 0 bridgehead atoms. The van der Waals surface area contributed by atoms with Crippen molar-refractivity contribution in [2.45, 2.75) is 25.4 Å². The molecule has 7 heteroatoms. The first-order valence-corrected chi connectivity index (χ1v) is 7.06. The summed E-state index contributed by atoms with van der Waals surface area (Å²) in [7, 11) is 1.57. The SMILES string of the molecule is COc1nccc2c1C(c1cnn(CC3CC3(F)F)c1)=NC2. The molecule has 1 aliphatic carbocycles. The van der Waals surface area contributed by atoms with E-state index in [-0.39, 0.29) is 13.0 Å². The molecule has 2 aromatic rings. The number of halogens is 2. The highest BCUT2D eigenvalue weighted by Gasteiger charge is 2.56. The zero-order valence-electron chi connectivity index (χ0n) is 12.0. The number of aliphatic imine (C=N–C) groups is 1. The molecule has 0 saturated heterocycles. The molecule has 1 saturated carbocycles. The summed E-state index contributed by atoms with van der Waals surface area (Å²) in [5.41, 5.74) is 3.47. The minimum Gasteiger partial charge on any atom is -0.480 e. The van der Waals surface area contributed by atoms with Gasteiger partial charge in [-0.25, -0.2) is 13.8 Å². The Labute approximate surface area is 125 Å².